The second-order valence-electron chi connectivity index (χ2n) is 5.15. The topological polar surface area (TPSA) is 58.6 Å². The van der Waals surface area contributed by atoms with Crippen LogP contribution in [0.4, 0.5) is 0 Å². The normalized spacial score (nSPS) is 12.1. The van der Waals surface area contributed by atoms with Crippen molar-refractivity contribution in [3.8, 4) is 11.5 Å². The Kier molecular flexibility index (Phi) is 3.35. The molecule has 0 saturated heterocycles. The van der Waals surface area contributed by atoms with Crippen molar-refractivity contribution < 1.29 is 9.62 Å². The van der Waals surface area contributed by atoms with Crippen LogP contribution in [0.2, 0.25) is 0 Å². The zero-order chi connectivity index (χ0) is 15.8. The fourth-order valence-corrected chi connectivity index (χ4v) is 2.91. The van der Waals surface area contributed by atoms with Crippen LogP contribution in [0, 0.1) is 0 Å². The van der Waals surface area contributed by atoms with E-state index < -0.39 is 0 Å². The van der Waals surface area contributed by atoms with Crippen LogP contribution in [-0.2, 0) is 0 Å². The summed E-state index contributed by atoms with van der Waals surface area (Å²) in [5, 5.41) is 16.0. The Labute approximate surface area is 139 Å². The molecule has 2 aromatic carbocycles. The van der Waals surface area contributed by atoms with Crippen LogP contribution >= 0.6 is 15.9 Å². The van der Waals surface area contributed by atoms with Crippen molar-refractivity contribution in [3.05, 3.63) is 70.6 Å². The number of pyridine rings is 1. The van der Waals surface area contributed by atoms with Crippen molar-refractivity contribution in [2.24, 2.45) is 5.16 Å². The first-order chi connectivity index (χ1) is 11.2. The van der Waals surface area contributed by atoms with Crippen molar-refractivity contribution in [2.75, 3.05) is 0 Å². The summed E-state index contributed by atoms with van der Waals surface area (Å²) < 4.78 is 6.85. The molecule has 0 atom stereocenters. The number of hydrogen-bond donors (Lipinski definition) is 1. The molecule has 2 heterocycles. The van der Waals surface area contributed by atoms with E-state index in [1.165, 1.54) is 0 Å². The molecule has 23 heavy (non-hydrogen) atoms. The highest BCUT2D eigenvalue weighted by atomic mass is 79.9. The molecule has 0 spiro atoms. The maximum Gasteiger partial charge on any atom is 0.155 e. The summed E-state index contributed by atoms with van der Waals surface area (Å²) in [6.45, 7) is 0. The van der Waals surface area contributed by atoms with Gasteiger partial charge in [0.2, 0.25) is 0 Å². The Bertz CT molecular complexity index is 1100. The predicted molar refractivity (Wildman–Crippen MR) is 92.0 cm³/mol. The fraction of sp³-hybridized carbons (Fsp3) is 0. The lowest BCUT2D eigenvalue weighted by Gasteiger charge is -2.05. The third kappa shape index (κ3) is 2.49. The van der Waals surface area contributed by atoms with Crippen LogP contribution in [0.3, 0.4) is 0 Å². The average molecular weight is 367 g/mol. The summed E-state index contributed by atoms with van der Waals surface area (Å²) >= 11 is 3.42. The van der Waals surface area contributed by atoms with E-state index in [0.717, 1.165) is 20.6 Å². The number of rotatable bonds is 1. The Balaban J connectivity index is 2.00. The summed E-state index contributed by atoms with van der Waals surface area (Å²) in [6, 6.07) is 17.2. The summed E-state index contributed by atoms with van der Waals surface area (Å²) in [6.07, 6.45) is 1.81. The molecule has 1 N–H and O–H groups in total. The molecule has 0 fully saturated rings. The number of halogens is 1. The number of benzene rings is 2. The van der Waals surface area contributed by atoms with Crippen molar-refractivity contribution in [2.45, 2.75) is 0 Å². The number of nitrogens with zero attached hydrogens (tertiary/aromatic N) is 2. The van der Waals surface area contributed by atoms with Gasteiger partial charge in [0, 0.05) is 27.5 Å². The first-order valence-electron chi connectivity index (χ1n) is 7.01. The second-order valence-corrected chi connectivity index (χ2v) is 6.07. The van der Waals surface area contributed by atoms with Gasteiger partial charge >= 0.3 is 0 Å². The lowest BCUT2D eigenvalue weighted by molar-refractivity contribution is 0.302. The quantitative estimate of drug-likeness (QED) is 0.392. The lowest BCUT2D eigenvalue weighted by atomic mass is 10.1. The molecule has 112 valence electrons. The molecule has 0 aliphatic carbocycles. The van der Waals surface area contributed by atoms with Crippen LogP contribution < -0.4 is 5.36 Å². The highest BCUT2D eigenvalue weighted by Gasteiger charge is 2.08. The van der Waals surface area contributed by atoms with Gasteiger partial charge < -0.3 is 9.62 Å². The van der Waals surface area contributed by atoms with Crippen LogP contribution in [0.15, 0.2) is 74.8 Å². The third-order valence-electron chi connectivity index (χ3n) is 3.70. The van der Waals surface area contributed by atoms with E-state index in [4.69, 9.17) is 4.42 Å². The molecule has 0 saturated carbocycles. The minimum atomic E-state index is 0.448. The molecule has 0 bridgehead atoms. The van der Waals surface area contributed by atoms with Crippen LogP contribution in [-0.4, -0.2) is 10.2 Å². The smallest absolute Gasteiger partial charge is 0.155 e. The minimum absolute atomic E-state index is 0.448. The molecular formula is C18H11BrN2O2. The largest absolute Gasteiger partial charge is 0.454 e. The molecule has 4 nitrogen and oxygen atoms in total. The van der Waals surface area contributed by atoms with E-state index in [1.54, 1.807) is 12.3 Å². The van der Waals surface area contributed by atoms with Gasteiger partial charge in [-0.3, -0.25) is 4.98 Å². The van der Waals surface area contributed by atoms with Gasteiger partial charge in [0.1, 0.15) is 16.6 Å². The Morgan fingerprint density at radius 3 is 2.65 bits per heavy atom. The zero-order valence-electron chi connectivity index (χ0n) is 11.9. The molecule has 4 rings (SSSR count). The molecule has 0 amide bonds. The van der Waals surface area contributed by atoms with Gasteiger partial charge in [-0.15, -0.1) is 0 Å². The lowest BCUT2D eigenvalue weighted by Crippen LogP contribution is -2.03. The summed E-state index contributed by atoms with van der Waals surface area (Å²) in [4.78, 5) is 4.45. The maximum atomic E-state index is 9.30. The monoisotopic (exact) mass is 366 g/mol. The first-order valence-corrected chi connectivity index (χ1v) is 7.80. The Morgan fingerprint density at radius 1 is 1.00 bits per heavy atom. The molecule has 0 unspecified atom stereocenters. The molecule has 4 aromatic rings. The highest BCUT2D eigenvalue weighted by Crippen LogP contribution is 2.25. The van der Waals surface area contributed by atoms with Gasteiger partial charge in [-0.25, -0.2) is 0 Å². The number of fused-ring (bicyclic) bond motifs is 2. The van der Waals surface area contributed by atoms with E-state index in [2.05, 4.69) is 26.1 Å². The number of hydrogen-bond acceptors (Lipinski definition) is 4. The van der Waals surface area contributed by atoms with Gasteiger partial charge in [-0.2, -0.15) is 0 Å². The summed E-state index contributed by atoms with van der Waals surface area (Å²) in [7, 11) is 0. The highest BCUT2D eigenvalue weighted by molar-refractivity contribution is 9.10. The van der Waals surface area contributed by atoms with E-state index in [9.17, 15) is 5.21 Å². The molecule has 5 heteroatoms. The van der Waals surface area contributed by atoms with Crippen molar-refractivity contribution in [1.29, 1.82) is 0 Å². The number of aromatic nitrogens is 1. The second kappa shape index (κ2) is 5.52. The van der Waals surface area contributed by atoms with Crippen molar-refractivity contribution >= 4 is 37.7 Å². The first kappa shape index (κ1) is 14.0. The van der Waals surface area contributed by atoms with Crippen LogP contribution in [0.5, 0.6) is 0 Å². The molecule has 0 radical (unpaired) electrons. The Morgan fingerprint density at radius 2 is 1.83 bits per heavy atom. The van der Waals surface area contributed by atoms with Crippen molar-refractivity contribution in [1.82, 2.24) is 4.98 Å². The van der Waals surface area contributed by atoms with E-state index >= 15 is 0 Å². The molecule has 0 aliphatic heterocycles. The fourth-order valence-electron chi connectivity index (χ4n) is 2.57. The van der Waals surface area contributed by atoms with Gasteiger partial charge in [0.25, 0.3) is 0 Å². The van der Waals surface area contributed by atoms with Gasteiger partial charge in [0.05, 0.1) is 0 Å². The SMILES string of the molecule is O/N=c1/cc(-c2cc3ccccc3cn2)oc2cc(Br)ccc12. The zero-order valence-corrected chi connectivity index (χ0v) is 13.5. The average Bonchev–Trinajstić information content (AvgIpc) is 2.60. The minimum Gasteiger partial charge on any atom is -0.454 e. The van der Waals surface area contributed by atoms with E-state index in [0.29, 0.717) is 22.4 Å². The van der Waals surface area contributed by atoms with Crippen LogP contribution in [0.1, 0.15) is 0 Å². The van der Waals surface area contributed by atoms with Crippen LogP contribution in [0.25, 0.3) is 33.2 Å². The maximum absolute atomic E-state index is 9.30. The van der Waals surface area contributed by atoms with E-state index in [-0.39, 0.29) is 0 Å². The van der Waals surface area contributed by atoms with Gasteiger partial charge in [0.15, 0.2) is 5.76 Å². The third-order valence-corrected chi connectivity index (χ3v) is 4.19. The van der Waals surface area contributed by atoms with Gasteiger partial charge in [-0.1, -0.05) is 45.4 Å². The molecular weight excluding hydrogens is 356 g/mol. The molecule has 0 aliphatic rings. The summed E-state index contributed by atoms with van der Waals surface area (Å²) in [5.74, 6) is 0.550. The summed E-state index contributed by atoms with van der Waals surface area (Å²) in [5.41, 5.74) is 1.31. The predicted octanol–water partition coefficient (Wildman–Crippen LogP) is 4.70. The van der Waals surface area contributed by atoms with Crippen molar-refractivity contribution in [3.63, 3.8) is 0 Å². The van der Waals surface area contributed by atoms with Gasteiger partial charge in [-0.05, 0) is 29.7 Å². The standard InChI is InChI=1S/C18H11BrN2O2/c19-13-5-6-14-15(21-22)9-18(23-17(14)8-13)16-7-11-3-1-2-4-12(11)10-20-16/h1-10,22H/b21-15-. The molecule has 2 aromatic heterocycles. The van der Waals surface area contributed by atoms with E-state index in [1.807, 2.05) is 48.5 Å². The Hall–Kier alpha value is -2.66.